The van der Waals surface area contributed by atoms with E-state index in [2.05, 4.69) is 16.5 Å². The molecule has 0 saturated carbocycles. The van der Waals surface area contributed by atoms with Crippen molar-refractivity contribution in [2.75, 3.05) is 32.9 Å². The minimum absolute atomic E-state index is 0.0962. The molecule has 3 N–H and O–H groups in total. The highest BCUT2D eigenvalue weighted by atomic mass is 19.1. The van der Waals surface area contributed by atoms with Gasteiger partial charge in [-0.1, -0.05) is 24.8 Å². The average Bonchev–Trinajstić information content (AvgIpc) is 3.49. The molecule has 202 valence electrons. The van der Waals surface area contributed by atoms with Crippen molar-refractivity contribution in [2.24, 2.45) is 5.73 Å². The van der Waals surface area contributed by atoms with Gasteiger partial charge in [-0.25, -0.2) is 8.78 Å². The first-order chi connectivity index (χ1) is 18.4. The molecular formula is C29H33F3N4O2. The highest BCUT2D eigenvalue weighted by Gasteiger charge is 2.36. The van der Waals surface area contributed by atoms with Crippen molar-refractivity contribution in [3.8, 4) is 5.75 Å². The number of nitrogens with zero attached hydrogens (tertiary/aromatic N) is 2. The van der Waals surface area contributed by atoms with Gasteiger partial charge in [0.05, 0.1) is 12.2 Å². The lowest BCUT2D eigenvalue weighted by Crippen LogP contribution is -2.36. The zero-order chi connectivity index (χ0) is 26.8. The molecule has 3 aromatic rings. The van der Waals surface area contributed by atoms with Crippen molar-refractivity contribution in [3.63, 3.8) is 0 Å². The summed E-state index contributed by atoms with van der Waals surface area (Å²) in [4.78, 5) is 18.8. The fraction of sp³-hybridized carbons (Fsp3) is 0.414. The van der Waals surface area contributed by atoms with Crippen LogP contribution in [-0.2, 0) is 11.2 Å². The topological polar surface area (TPSA) is 74.6 Å². The largest absolute Gasteiger partial charge is 0.489 e. The predicted octanol–water partition coefficient (Wildman–Crippen LogP) is 4.99. The quantitative estimate of drug-likeness (QED) is 0.391. The van der Waals surface area contributed by atoms with Crippen LogP contribution in [0.5, 0.6) is 5.75 Å². The number of para-hydroxylation sites is 1. The number of amides is 1. The summed E-state index contributed by atoms with van der Waals surface area (Å²) in [6.07, 6.45) is 2.03. The van der Waals surface area contributed by atoms with Crippen molar-refractivity contribution in [1.82, 2.24) is 14.8 Å². The van der Waals surface area contributed by atoms with Crippen LogP contribution in [0.2, 0.25) is 0 Å². The summed E-state index contributed by atoms with van der Waals surface area (Å²) < 4.78 is 50.0. The van der Waals surface area contributed by atoms with Crippen LogP contribution < -0.4 is 10.5 Å². The number of hydrogen-bond acceptors (Lipinski definition) is 4. The third kappa shape index (κ3) is 5.25. The Labute approximate surface area is 220 Å². The van der Waals surface area contributed by atoms with Gasteiger partial charge in [0.1, 0.15) is 29.5 Å². The molecule has 2 aromatic carbocycles. The molecule has 0 aliphatic carbocycles. The maximum atomic E-state index is 15.8. The third-order valence-electron chi connectivity index (χ3n) is 7.57. The minimum atomic E-state index is -0.789. The van der Waals surface area contributed by atoms with Crippen LogP contribution in [0.25, 0.3) is 10.9 Å². The molecule has 2 aliphatic rings. The van der Waals surface area contributed by atoms with Crippen LogP contribution in [0.15, 0.2) is 48.7 Å². The summed E-state index contributed by atoms with van der Waals surface area (Å²) in [5.74, 6) is -1.75. The molecule has 1 aromatic heterocycles. The zero-order valence-electron chi connectivity index (χ0n) is 21.3. The number of fused-ring (bicyclic) bond motifs is 3. The second-order valence-electron chi connectivity index (χ2n) is 10.1. The third-order valence-corrected chi connectivity index (χ3v) is 7.57. The minimum Gasteiger partial charge on any atom is -0.489 e. The molecule has 38 heavy (non-hydrogen) atoms. The Morgan fingerprint density at radius 3 is 2.66 bits per heavy atom. The fourth-order valence-corrected chi connectivity index (χ4v) is 5.76. The van der Waals surface area contributed by atoms with Crippen LogP contribution in [0, 0.1) is 11.6 Å². The number of aromatic amines is 1. The number of carbonyl (C=O) groups excluding carboxylic acids is 1. The van der Waals surface area contributed by atoms with Gasteiger partial charge in [0.15, 0.2) is 0 Å². The molecule has 2 atom stereocenters. The van der Waals surface area contributed by atoms with E-state index in [0.29, 0.717) is 56.7 Å². The Kier molecular flexibility index (Phi) is 7.65. The monoisotopic (exact) mass is 526 g/mol. The molecule has 6 nitrogen and oxygen atoms in total. The lowest BCUT2D eigenvalue weighted by Gasteiger charge is -2.39. The number of rotatable bonds is 10. The van der Waals surface area contributed by atoms with Crippen LogP contribution >= 0.6 is 0 Å². The van der Waals surface area contributed by atoms with Crippen molar-refractivity contribution in [2.45, 2.75) is 44.2 Å². The molecular weight excluding hydrogens is 493 g/mol. The number of alkyl halides is 1. The van der Waals surface area contributed by atoms with Gasteiger partial charge in [-0.3, -0.25) is 14.1 Å². The van der Waals surface area contributed by atoms with Crippen molar-refractivity contribution in [1.29, 1.82) is 0 Å². The summed E-state index contributed by atoms with van der Waals surface area (Å²) in [5.41, 5.74) is 8.47. The molecule has 0 bridgehead atoms. The van der Waals surface area contributed by atoms with Gasteiger partial charge in [-0.15, -0.1) is 0 Å². The number of allylic oxidation sites excluding steroid dienone is 1. The van der Waals surface area contributed by atoms with Crippen molar-refractivity contribution < 1.29 is 22.7 Å². The Balaban J connectivity index is 1.47. The number of halogens is 3. The number of carbonyl (C=O) groups is 1. The molecule has 1 fully saturated rings. The number of nitrogens with one attached hydrogen (secondary N) is 1. The molecule has 1 amide bonds. The molecule has 0 spiro atoms. The van der Waals surface area contributed by atoms with Crippen LogP contribution in [-0.4, -0.2) is 59.6 Å². The van der Waals surface area contributed by atoms with Gasteiger partial charge in [0.2, 0.25) is 5.91 Å². The molecule has 0 radical (unpaired) electrons. The summed E-state index contributed by atoms with van der Waals surface area (Å²) in [7, 11) is 0. The molecule has 3 heterocycles. The van der Waals surface area contributed by atoms with Gasteiger partial charge < -0.3 is 20.4 Å². The zero-order valence-corrected chi connectivity index (χ0v) is 21.3. The summed E-state index contributed by atoms with van der Waals surface area (Å²) in [5, 5.41) is 1.02. The Bertz CT molecular complexity index is 1320. The van der Waals surface area contributed by atoms with Crippen LogP contribution in [0.3, 0.4) is 0 Å². The Hall–Kier alpha value is -3.46. The van der Waals surface area contributed by atoms with E-state index in [1.54, 1.807) is 0 Å². The molecule has 1 saturated heterocycles. The standard InChI is InChI=1S/C29H33F3N4O2/c1-18(7-8-26(33)37)36-14-10-22-21-5-2-3-6-25(21)34-28(22)29(36)27-23(31)15-20(16-24(27)32)38-19-9-13-35(17-19)12-4-11-30/h2-3,5-6,15-16,19,29,34H,1,4,7-14,17H2,(H2,33,37)/t19-,29+/m0/s1. The number of nitrogens with two attached hydrogens (primary N) is 1. The molecule has 9 heteroatoms. The van der Waals surface area contributed by atoms with Gasteiger partial charge in [0.25, 0.3) is 0 Å². The van der Waals surface area contributed by atoms with E-state index in [0.717, 1.165) is 23.0 Å². The first kappa shape index (κ1) is 26.2. The molecule has 0 unspecified atom stereocenters. The summed E-state index contributed by atoms with van der Waals surface area (Å²) in [6, 6.07) is 9.49. The Morgan fingerprint density at radius 2 is 1.92 bits per heavy atom. The van der Waals surface area contributed by atoms with Crippen molar-refractivity contribution in [3.05, 3.63) is 77.1 Å². The van der Waals surface area contributed by atoms with Gasteiger partial charge in [-0.05, 0) is 37.3 Å². The second kappa shape index (κ2) is 11.1. The van der Waals surface area contributed by atoms with E-state index in [1.807, 2.05) is 29.2 Å². The number of H-pyrrole nitrogens is 1. The number of hydrogen-bond donors (Lipinski definition) is 2. The van der Waals surface area contributed by atoms with E-state index in [-0.39, 0.29) is 30.5 Å². The second-order valence-corrected chi connectivity index (χ2v) is 10.1. The normalized spacial score (nSPS) is 19.6. The first-order valence-corrected chi connectivity index (χ1v) is 13.1. The number of aromatic nitrogens is 1. The number of primary amides is 1. The van der Waals surface area contributed by atoms with Gasteiger partial charge >= 0.3 is 0 Å². The van der Waals surface area contributed by atoms with E-state index in [4.69, 9.17) is 10.5 Å². The van der Waals surface area contributed by atoms with Crippen molar-refractivity contribution >= 4 is 16.8 Å². The first-order valence-electron chi connectivity index (χ1n) is 13.1. The Morgan fingerprint density at radius 1 is 1.16 bits per heavy atom. The molecule has 5 rings (SSSR count). The van der Waals surface area contributed by atoms with E-state index in [9.17, 15) is 9.18 Å². The molecule has 2 aliphatic heterocycles. The van der Waals surface area contributed by atoms with Crippen LogP contribution in [0.4, 0.5) is 13.2 Å². The van der Waals surface area contributed by atoms with E-state index in [1.165, 1.54) is 12.1 Å². The van der Waals surface area contributed by atoms with Crippen LogP contribution in [0.1, 0.15) is 48.5 Å². The lowest BCUT2D eigenvalue weighted by molar-refractivity contribution is -0.118. The highest BCUT2D eigenvalue weighted by Crippen LogP contribution is 2.43. The fourth-order valence-electron chi connectivity index (χ4n) is 5.76. The predicted molar refractivity (Wildman–Crippen MR) is 141 cm³/mol. The van der Waals surface area contributed by atoms with Gasteiger partial charge in [-0.2, -0.15) is 0 Å². The number of ether oxygens (including phenoxy) is 1. The maximum Gasteiger partial charge on any atom is 0.217 e. The van der Waals surface area contributed by atoms with E-state index < -0.39 is 23.6 Å². The smallest absolute Gasteiger partial charge is 0.217 e. The highest BCUT2D eigenvalue weighted by molar-refractivity contribution is 5.85. The number of benzene rings is 2. The summed E-state index contributed by atoms with van der Waals surface area (Å²) >= 11 is 0. The maximum absolute atomic E-state index is 15.8. The number of likely N-dealkylation sites (tertiary alicyclic amines) is 1. The van der Waals surface area contributed by atoms with E-state index >= 15 is 8.78 Å². The average molecular weight is 527 g/mol. The summed E-state index contributed by atoms with van der Waals surface area (Å²) in [6.45, 7) is 6.26. The van der Waals surface area contributed by atoms with Gasteiger partial charge in [0, 0.05) is 67.0 Å². The lowest BCUT2D eigenvalue weighted by atomic mass is 9.90. The SMILES string of the molecule is C=C(CCC(N)=O)N1CCc2c([nH]c3ccccc23)[C@H]1c1c(F)cc(O[C@H]2CCN(CCCF)C2)cc1F.